The quantitative estimate of drug-likeness (QED) is 0.611. The van der Waals surface area contributed by atoms with E-state index in [1.165, 1.54) is 24.3 Å². The molecule has 0 fully saturated rings. The van der Waals surface area contributed by atoms with E-state index in [-0.39, 0.29) is 18.6 Å². The van der Waals surface area contributed by atoms with Crippen LogP contribution in [-0.4, -0.2) is 35.5 Å². The maximum absolute atomic E-state index is 12.0. The van der Waals surface area contributed by atoms with Crippen LogP contribution in [-0.2, 0) is 9.59 Å². The van der Waals surface area contributed by atoms with Gasteiger partial charge in [-0.05, 0) is 37.6 Å². The van der Waals surface area contributed by atoms with Gasteiger partial charge in [-0.3, -0.25) is 9.59 Å². The van der Waals surface area contributed by atoms with Gasteiger partial charge in [-0.15, -0.1) is 0 Å². The van der Waals surface area contributed by atoms with Gasteiger partial charge in [0.05, 0.1) is 0 Å². The second kappa shape index (κ2) is 8.46. The predicted molar refractivity (Wildman–Crippen MR) is 79.5 cm³/mol. The molecule has 1 aromatic carbocycles. The summed E-state index contributed by atoms with van der Waals surface area (Å²) in [7, 11) is 0. The van der Waals surface area contributed by atoms with Crippen LogP contribution in [0.2, 0.25) is 0 Å². The molecule has 0 aliphatic rings. The van der Waals surface area contributed by atoms with Crippen molar-refractivity contribution in [2.24, 2.45) is 5.73 Å². The molecule has 118 valence electrons. The highest BCUT2D eigenvalue weighted by molar-refractivity contribution is 5.96. The van der Waals surface area contributed by atoms with Crippen LogP contribution in [0.25, 0.3) is 0 Å². The number of carbonyl (C=O) groups excluding carboxylic acids is 2. The summed E-state index contributed by atoms with van der Waals surface area (Å²) in [5.41, 5.74) is 5.24. The molecule has 7 nitrogen and oxygen atoms in total. The van der Waals surface area contributed by atoms with Gasteiger partial charge in [0.1, 0.15) is 11.8 Å². The molecule has 0 spiro atoms. The number of carbonyl (C=O) groups is 3. The second-order valence-electron chi connectivity index (χ2n) is 4.45. The Labute approximate surface area is 127 Å². The number of benzene rings is 1. The van der Waals surface area contributed by atoms with Crippen molar-refractivity contribution in [3.05, 3.63) is 42.0 Å². The maximum Gasteiger partial charge on any atom is 0.326 e. The number of carboxylic acids is 1. The van der Waals surface area contributed by atoms with Gasteiger partial charge in [-0.2, -0.15) is 0 Å². The van der Waals surface area contributed by atoms with E-state index in [9.17, 15) is 14.4 Å². The average Bonchev–Trinajstić information content (AvgIpc) is 2.49. The van der Waals surface area contributed by atoms with Crippen LogP contribution in [0.3, 0.4) is 0 Å². The Bertz CT molecular complexity index is 566. The van der Waals surface area contributed by atoms with Crippen molar-refractivity contribution in [3.8, 4) is 5.75 Å². The molecule has 0 aliphatic carbocycles. The predicted octanol–water partition coefficient (Wildman–Crippen LogP) is 0.700. The van der Waals surface area contributed by atoms with E-state index in [0.717, 1.165) is 0 Å². The first kappa shape index (κ1) is 17.2. The molecule has 2 amide bonds. The van der Waals surface area contributed by atoms with Gasteiger partial charge >= 0.3 is 5.97 Å². The van der Waals surface area contributed by atoms with Crippen molar-refractivity contribution < 1.29 is 24.2 Å². The molecule has 0 radical (unpaired) electrons. The summed E-state index contributed by atoms with van der Waals surface area (Å²) in [6, 6.07) is 4.95. The van der Waals surface area contributed by atoms with Crippen LogP contribution in [0.4, 0.5) is 0 Å². The van der Waals surface area contributed by atoms with Gasteiger partial charge in [-0.25, -0.2) is 4.79 Å². The third-order valence-electron chi connectivity index (χ3n) is 2.71. The van der Waals surface area contributed by atoms with E-state index in [0.29, 0.717) is 5.75 Å². The number of hydrogen-bond donors (Lipinski definition) is 3. The first-order chi connectivity index (χ1) is 10.4. The zero-order valence-electron chi connectivity index (χ0n) is 12.1. The summed E-state index contributed by atoms with van der Waals surface area (Å²) in [5.74, 6) is -1.82. The number of amides is 2. The lowest BCUT2D eigenvalue weighted by atomic mass is 10.1. The van der Waals surface area contributed by atoms with Crippen LogP contribution in [0.15, 0.2) is 36.4 Å². The number of carboxylic acid groups (broad SMARTS) is 1. The van der Waals surface area contributed by atoms with Gasteiger partial charge in [0.15, 0.2) is 6.61 Å². The van der Waals surface area contributed by atoms with Crippen molar-refractivity contribution in [1.29, 1.82) is 0 Å². The molecule has 1 atom stereocenters. The summed E-state index contributed by atoms with van der Waals surface area (Å²) >= 11 is 0. The summed E-state index contributed by atoms with van der Waals surface area (Å²) in [6.45, 7) is 1.52. The third kappa shape index (κ3) is 5.66. The van der Waals surface area contributed by atoms with E-state index < -0.39 is 23.8 Å². The van der Waals surface area contributed by atoms with E-state index in [2.05, 4.69) is 5.32 Å². The summed E-state index contributed by atoms with van der Waals surface area (Å²) in [6.07, 6.45) is 3.59. The molecular weight excluding hydrogens is 288 g/mol. The second-order valence-corrected chi connectivity index (χ2v) is 4.45. The molecule has 1 unspecified atom stereocenters. The van der Waals surface area contributed by atoms with Crippen molar-refractivity contribution in [1.82, 2.24) is 5.32 Å². The Morgan fingerprint density at radius 3 is 2.45 bits per heavy atom. The van der Waals surface area contributed by atoms with E-state index >= 15 is 0 Å². The average molecular weight is 306 g/mol. The van der Waals surface area contributed by atoms with Gasteiger partial charge < -0.3 is 20.9 Å². The fraction of sp³-hybridized carbons (Fsp3) is 0.267. The zero-order chi connectivity index (χ0) is 16.5. The van der Waals surface area contributed by atoms with Crippen LogP contribution in [0.1, 0.15) is 23.7 Å². The topological polar surface area (TPSA) is 119 Å². The normalized spacial score (nSPS) is 11.9. The summed E-state index contributed by atoms with van der Waals surface area (Å²) in [4.78, 5) is 33.6. The minimum Gasteiger partial charge on any atom is -0.484 e. The zero-order valence-corrected chi connectivity index (χ0v) is 12.1. The number of hydrogen-bond acceptors (Lipinski definition) is 4. The van der Waals surface area contributed by atoms with E-state index in [1.807, 2.05) is 0 Å². The Morgan fingerprint density at radius 2 is 1.95 bits per heavy atom. The van der Waals surface area contributed by atoms with Gasteiger partial charge in [-0.1, -0.05) is 12.2 Å². The first-order valence-electron chi connectivity index (χ1n) is 6.60. The molecular formula is C15H18N2O5. The lowest BCUT2D eigenvalue weighted by Crippen LogP contribution is -2.40. The van der Waals surface area contributed by atoms with Crippen LogP contribution in [0, 0.1) is 0 Å². The minimum atomic E-state index is -1.10. The number of nitrogens with one attached hydrogen (secondary N) is 1. The van der Waals surface area contributed by atoms with Crippen molar-refractivity contribution in [3.63, 3.8) is 0 Å². The molecule has 4 N–H and O–H groups in total. The Morgan fingerprint density at radius 1 is 1.32 bits per heavy atom. The molecule has 0 heterocycles. The Hall–Kier alpha value is -2.83. The highest BCUT2D eigenvalue weighted by Gasteiger charge is 2.19. The van der Waals surface area contributed by atoms with E-state index in [1.54, 1.807) is 19.1 Å². The lowest BCUT2D eigenvalue weighted by Gasteiger charge is -2.13. The molecule has 0 aromatic heterocycles. The van der Waals surface area contributed by atoms with Crippen LogP contribution < -0.4 is 15.8 Å². The number of nitrogens with two attached hydrogens (primary N) is 1. The van der Waals surface area contributed by atoms with Crippen LogP contribution in [0.5, 0.6) is 5.75 Å². The number of allylic oxidation sites excluding steroid dienone is 1. The molecule has 0 saturated heterocycles. The molecule has 22 heavy (non-hydrogen) atoms. The molecule has 0 saturated carbocycles. The van der Waals surface area contributed by atoms with Crippen molar-refractivity contribution in [2.45, 2.75) is 19.4 Å². The van der Waals surface area contributed by atoms with Gasteiger partial charge in [0.2, 0.25) is 0 Å². The number of primary amides is 1. The summed E-state index contributed by atoms with van der Waals surface area (Å²) < 4.78 is 5.07. The smallest absolute Gasteiger partial charge is 0.326 e. The molecule has 1 aromatic rings. The lowest BCUT2D eigenvalue weighted by molar-refractivity contribution is -0.139. The highest BCUT2D eigenvalue weighted by Crippen LogP contribution is 2.12. The fourth-order valence-electron chi connectivity index (χ4n) is 1.59. The van der Waals surface area contributed by atoms with Gasteiger partial charge in [0.25, 0.3) is 11.8 Å². The number of ether oxygens (including phenoxy) is 1. The fourth-order valence-corrected chi connectivity index (χ4v) is 1.59. The molecule has 0 bridgehead atoms. The Balaban J connectivity index is 2.68. The largest absolute Gasteiger partial charge is 0.484 e. The van der Waals surface area contributed by atoms with Gasteiger partial charge in [0, 0.05) is 5.56 Å². The third-order valence-corrected chi connectivity index (χ3v) is 2.71. The number of rotatable bonds is 8. The SMILES string of the molecule is C/C=C/CC(NC(=O)c1ccc(OCC(N)=O)cc1)C(=O)O. The monoisotopic (exact) mass is 306 g/mol. The standard InChI is InChI=1S/C15H18N2O5/c1-2-3-4-12(15(20)21)17-14(19)10-5-7-11(8-6-10)22-9-13(16)18/h2-3,5-8,12H,4,9H2,1H3,(H2,16,18)(H,17,19)(H,20,21)/b3-2+. The highest BCUT2D eigenvalue weighted by atomic mass is 16.5. The summed E-state index contributed by atoms with van der Waals surface area (Å²) in [5, 5.41) is 11.5. The maximum atomic E-state index is 12.0. The first-order valence-corrected chi connectivity index (χ1v) is 6.60. The molecule has 7 heteroatoms. The molecule has 0 aliphatic heterocycles. The van der Waals surface area contributed by atoms with Crippen molar-refractivity contribution in [2.75, 3.05) is 6.61 Å². The number of aliphatic carboxylic acids is 1. The van der Waals surface area contributed by atoms with E-state index in [4.69, 9.17) is 15.6 Å². The Kier molecular flexibility index (Phi) is 6.62. The van der Waals surface area contributed by atoms with Crippen molar-refractivity contribution >= 4 is 17.8 Å². The molecule has 1 rings (SSSR count). The van der Waals surface area contributed by atoms with Crippen LogP contribution >= 0.6 is 0 Å². The minimum absolute atomic E-state index is 0.206.